The third kappa shape index (κ3) is 5.15. The zero-order valence-corrected chi connectivity index (χ0v) is 15.1. The first-order chi connectivity index (χ1) is 12.2. The van der Waals surface area contributed by atoms with Crippen LogP contribution in [0.5, 0.6) is 0 Å². The molecule has 7 heteroatoms. The molecule has 0 aliphatic carbocycles. The first-order valence-electron chi connectivity index (χ1n) is 9.62. The van der Waals surface area contributed by atoms with Gasteiger partial charge in [0.05, 0.1) is 19.8 Å². The van der Waals surface area contributed by atoms with Crippen LogP contribution < -0.4 is 0 Å². The Balaban J connectivity index is 1.55. The van der Waals surface area contributed by atoms with Crippen molar-refractivity contribution in [2.75, 3.05) is 65.6 Å². The zero-order chi connectivity index (χ0) is 17.6. The first kappa shape index (κ1) is 18.6. The molecule has 0 aromatic heterocycles. The van der Waals surface area contributed by atoms with Gasteiger partial charge in [0.1, 0.15) is 0 Å². The van der Waals surface area contributed by atoms with Gasteiger partial charge >= 0.3 is 0 Å². The fraction of sp³-hybridized carbons (Fsp3) is 0.889. The minimum absolute atomic E-state index is 0.0281. The fourth-order valence-corrected chi connectivity index (χ4v) is 4.23. The van der Waals surface area contributed by atoms with Crippen molar-refractivity contribution in [1.29, 1.82) is 0 Å². The van der Waals surface area contributed by atoms with Crippen LogP contribution in [0.4, 0.5) is 0 Å². The second kappa shape index (κ2) is 8.96. The molecular formula is C18H31N3O4. The number of amides is 2. The molecule has 3 heterocycles. The van der Waals surface area contributed by atoms with Gasteiger partial charge in [-0.1, -0.05) is 0 Å². The Bertz CT molecular complexity index is 467. The molecule has 3 fully saturated rings. The topological polar surface area (TPSA) is 73.3 Å². The highest BCUT2D eigenvalue weighted by Gasteiger charge is 2.32. The molecule has 2 amide bonds. The van der Waals surface area contributed by atoms with Crippen LogP contribution in [0.25, 0.3) is 0 Å². The lowest BCUT2D eigenvalue weighted by Crippen LogP contribution is -2.52. The molecule has 25 heavy (non-hydrogen) atoms. The van der Waals surface area contributed by atoms with Crippen LogP contribution in [-0.2, 0) is 14.3 Å². The first-order valence-corrected chi connectivity index (χ1v) is 9.62. The van der Waals surface area contributed by atoms with Crippen molar-refractivity contribution in [2.24, 2.45) is 11.8 Å². The van der Waals surface area contributed by atoms with Crippen LogP contribution in [0.15, 0.2) is 0 Å². The average Bonchev–Trinajstić information content (AvgIpc) is 2.64. The van der Waals surface area contributed by atoms with Gasteiger partial charge in [-0.15, -0.1) is 0 Å². The molecule has 0 spiro atoms. The van der Waals surface area contributed by atoms with Crippen molar-refractivity contribution in [3.63, 3.8) is 0 Å². The number of rotatable bonds is 5. The summed E-state index contributed by atoms with van der Waals surface area (Å²) in [7, 11) is 0. The van der Waals surface area contributed by atoms with E-state index in [-0.39, 0.29) is 30.9 Å². The monoisotopic (exact) mass is 353 g/mol. The molecule has 0 unspecified atom stereocenters. The lowest BCUT2D eigenvalue weighted by Gasteiger charge is -2.40. The van der Waals surface area contributed by atoms with Gasteiger partial charge in [-0.25, -0.2) is 0 Å². The number of hydrogen-bond donors (Lipinski definition) is 1. The minimum Gasteiger partial charge on any atom is -0.396 e. The summed E-state index contributed by atoms with van der Waals surface area (Å²) in [6.07, 6.45) is 3.44. The van der Waals surface area contributed by atoms with E-state index >= 15 is 0 Å². The Hall–Kier alpha value is -1.18. The van der Waals surface area contributed by atoms with Crippen LogP contribution in [0.3, 0.4) is 0 Å². The van der Waals surface area contributed by atoms with E-state index in [0.29, 0.717) is 25.4 Å². The molecule has 3 aliphatic heterocycles. The van der Waals surface area contributed by atoms with Crippen LogP contribution in [0, 0.1) is 11.8 Å². The molecule has 3 saturated heterocycles. The quantitative estimate of drug-likeness (QED) is 0.740. The molecule has 0 aromatic carbocycles. The SMILES string of the molecule is O=C1CCCCN1CC(=O)N1C[C@H](CO)C[C@H](CN2CCOCC2)C1. The Kier molecular flexibility index (Phi) is 6.67. The van der Waals surface area contributed by atoms with E-state index in [2.05, 4.69) is 4.90 Å². The highest BCUT2D eigenvalue weighted by molar-refractivity contribution is 5.85. The van der Waals surface area contributed by atoms with E-state index in [1.54, 1.807) is 4.90 Å². The number of carbonyl (C=O) groups is 2. The molecule has 142 valence electrons. The smallest absolute Gasteiger partial charge is 0.242 e. The van der Waals surface area contributed by atoms with Crippen LogP contribution in [-0.4, -0.2) is 97.3 Å². The Labute approximate surface area is 149 Å². The van der Waals surface area contributed by atoms with Crippen LogP contribution >= 0.6 is 0 Å². The van der Waals surface area contributed by atoms with E-state index in [0.717, 1.165) is 58.7 Å². The summed E-state index contributed by atoms with van der Waals surface area (Å²) in [6, 6.07) is 0. The molecule has 0 saturated carbocycles. The van der Waals surface area contributed by atoms with E-state index < -0.39 is 0 Å². The lowest BCUT2D eigenvalue weighted by molar-refractivity contribution is -0.143. The summed E-state index contributed by atoms with van der Waals surface area (Å²) in [6.45, 7) is 6.73. The maximum Gasteiger partial charge on any atom is 0.242 e. The van der Waals surface area contributed by atoms with Gasteiger partial charge in [0.25, 0.3) is 0 Å². The largest absolute Gasteiger partial charge is 0.396 e. The minimum atomic E-state index is 0.0281. The summed E-state index contributed by atoms with van der Waals surface area (Å²) < 4.78 is 5.40. The van der Waals surface area contributed by atoms with E-state index in [4.69, 9.17) is 4.74 Å². The van der Waals surface area contributed by atoms with Gasteiger partial charge in [0.15, 0.2) is 0 Å². The normalized spacial score (nSPS) is 29.1. The van der Waals surface area contributed by atoms with Gasteiger partial charge < -0.3 is 19.6 Å². The van der Waals surface area contributed by atoms with Gasteiger partial charge in [0, 0.05) is 52.3 Å². The van der Waals surface area contributed by atoms with Crippen LogP contribution in [0.1, 0.15) is 25.7 Å². The molecule has 3 aliphatic rings. The molecule has 1 N–H and O–H groups in total. The number of carbonyl (C=O) groups excluding carboxylic acids is 2. The van der Waals surface area contributed by atoms with Gasteiger partial charge in [-0.05, 0) is 31.1 Å². The lowest BCUT2D eigenvalue weighted by atomic mass is 9.89. The van der Waals surface area contributed by atoms with Crippen LogP contribution in [0.2, 0.25) is 0 Å². The second-order valence-corrected chi connectivity index (χ2v) is 7.63. The Morgan fingerprint density at radius 1 is 1.12 bits per heavy atom. The number of aliphatic hydroxyl groups excluding tert-OH is 1. The zero-order valence-electron chi connectivity index (χ0n) is 15.1. The highest BCUT2D eigenvalue weighted by Crippen LogP contribution is 2.23. The van der Waals surface area contributed by atoms with E-state index in [1.165, 1.54) is 0 Å². The number of piperidine rings is 2. The van der Waals surface area contributed by atoms with Crippen molar-refractivity contribution < 1.29 is 19.4 Å². The molecule has 0 radical (unpaired) electrons. The van der Waals surface area contributed by atoms with Gasteiger partial charge in [-0.3, -0.25) is 14.5 Å². The number of aliphatic hydroxyl groups is 1. The van der Waals surface area contributed by atoms with Crippen molar-refractivity contribution in [1.82, 2.24) is 14.7 Å². The fourth-order valence-electron chi connectivity index (χ4n) is 4.23. The summed E-state index contributed by atoms with van der Waals surface area (Å²) >= 11 is 0. The van der Waals surface area contributed by atoms with Crippen molar-refractivity contribution >= 4 is 11.8 Å². The van der Waals surface area contributed by atoms with Crippen molar-refractivity contribution in [3.8, 4) is 0 Å². The third-order valence-electron chi connectivity index (χ3n) is 5.60. The van der Waals surface area contributed by atoms with Gasteiger partial charge in [-0.2, -0.15) is 0 Å². The average molecular weight is 353 g/mol. The number of morpholine rings is 1. The highest BCUT2D eigenvalue weighted by atomic mass is 16.5. The number of likely N-dealkylation sites (tertiary alicyclic amines) is 2. The Morgan fingerprint density at radius 3 is 2.60 bits per heavy atom. The second-order valence-electron chi connectivity index (χ2n) is 7.63. The molecule has 3 rings (SSSR count). The standard InChI is InChI=1S/C18H31N3O4/c22-14-16-9-15(10-19-5-7-25-8-6-19)11-21(12-16)18(24)13-20-4-2-1-3-17(20)23/h15-16,22H,1-14H2/t15-,16-/m1/s1. The summed E-state index contributed by atoms with van der Waals surface area (Å²) in [4.78, 5) is 30.7. The number of hydrogen-bond acceptors (Lipinski definition) is 5. The summed E-state index contributed by atoms with van der Waals surface area (Å²) in [5.74, 6) is 0.645. The maximum absolute atomic E-state index is 12.7. The third-order valence-corrected chi connectivity index (χ3v) is 5.60. The number of ether oxygens (including phenoxy) is 1. The summed E-state index contributed by atoms with van der Waals surface area (Å²) in [5, 5.41) is 9.64. The predicted molar refractivity (Wildman–Crippen MR) is 93.0 cm³/mol. The molecular weight excluding hydrogens is 322 g/mol. The molecule has 0 bridgehead atoms. The summed E-state index contributed by atoms with van der Waals surface area (Å²) in [5.41, 5.74) is 0. The van der Waals surface area contributed by atoms with Crippen molar-refractivity contribution in [3.05, 3.63) is 0 Å². The van der Waals surface area contributed by atoms with E-state index in [9.17, 15) is 14.7 Å². The molecule has 2 atom stereocenters. The van der Waals surface area contributed by atoms with E-state index in [1.807, 2.05) is 4.90 Å². The number of nitrogens with zero attached hydrogens (tertiary/aromatic N) is 3. The molecule has 7 nitrogen and oxygen atoms in total. The van der Waals surface area contributed by atoms with Gasteiger partial charge in [0.2, 0.25) is 11.8 Å². The Morgan fingerprint density at radius 2 is 1.88 bits per heavy atom. The molecule has 0 aromatic rings. The predicted octanol–water partition coefficient (Wildman–Crippen LogP) is -0.212. The maximum atomic E-state index is 12.7. The van der Waals surface area contributed by atoms with Crippen molar-refractivity contribution in [2.45, 2.75) is 25.7 Å².